The molecule has 0 bridgehead atoms. The first kappa shape index (κ1) is 14.4. The van der Waals surface area contributed by atoms with Gasteiger partial charge < -0.3 is 10.1 Å². The molecule has 19 heavy (non-hydrogen) atoms. The highest BCUT2D eigenvalue weighted by molar-refractivity contribution is 6.29. The Morgan fingerprint density at radius 1 is 1.32 bits per heavy atom. The largest absolute Gasteiger partial charge is 0.416 e. The molecular weight excluding hydrogens is 281 g/mol. The summed E-state index contributed by atoms with van der Waals surface area (Å²) in [5.74, 6) is 0.143. The second-order valence-electron chi connectivity index (χ2n) is 4.86. The summed E-state index contributed by atoms with van der Waals surface area (Å²) in [5.41, 5.74) is -1.12. The summed E-state index contributed by atoms with van der Waals surface area (Å²) < 4.78 is 43.3. The van der Waals surface area contributed by atoms with Gasteiger partial charge in [0, 0.05) is 18.8 Å². The molecule has 0 atom stereocenters. The molecule has 0 unspecified atom stereocenters. The zero-order valence-corrected chi connectivity index (χ0v) is 11.1. The number of nitrogens with one attached hydrogen (secondary N) is 1. The van der Waals surface area contributed by atoms with Crippen molar-refractivity contribution in [2.45, 2.75) is 31.5 Å². The molecule has 1 fully saturated rings. The number of pyridine rings is 1. The van der Waals surface area contributed by atoms with Crippen LogP contribution in [0.2, 0.25) is 5.15 Å². The fourth-order valence-electron chi connectivity index (χ4n) is 1.98. The minimum Gasteiger partial charge on any atom is -0.381 e. The van der Waals surface area contributed by atoms with E-state index >= 15 is 0 Å². The molecule has 2 rings (SSSR count). The average molecular weight is 295 g/mol. The third-order valence-electron chi connectivity index (χ3n) is 3.15. The van der Waals surface area contributed by atoms with Crippen LogP contribution in [0, 0.1) is 0 Å². The number of aromatic nitrogens is 1. The van der Waals surface area contributed by atoms with E-state index in [9.17, 15) is 13.2 Å². The SMILES string of the molecule is CC1(Nc2cc(C(F)(F)F)cc(Cl)n2)CCOCC1. The van der Waals surface area contributed by atoms with Crippen molar-refractivity contribution in [2.75, 3.05) is 18.5 Å². The highest BCUT2D eigenvalue weighted by Gasteiger charge is 2.33. The molecule has 0 saturated carbocycles. The van der Waals surface area contributed by atoms with Crippen LogP contribution in [0.3, 0.4) is 0 Å². The molecule has 1 aromatic rings. The van der Waals surface area contributed by atoms with Gasteiger partial charge in [-0.3, -0.25) is 0 Å². The van der Waals surface area contributed by atoms with E-state index in [1.165, 1.54) is 0 Å². The second kappa shape index (κ2) is 5.17. The van der Waals surface area contributed by atoms with Crippen molar-refractivity contribution in [2.24, 2.45) is 0 Å². The number of anilines is 1. The van der Waals surface area contributed by atoms with E-state index in [-0.39, 0.29) is 16.5 Å². The minimum atomic E-state index is -4.43. The number of rotatable bonds is 2. The van der Waals surface area contributed by atoms with Gasteiger partial charge >= 0.3 is 6.18 Å². The van der Waals surface area contributed by atoms with Crippen LogP contribution in [-0.4, -0.2) is 23.7 Å². The molecule has 0 amide bonds. The van der Waals surface area contributed by atoms with E-state index < -0.39 is 11.7 Å². The Morgan fingerprint density at radius 2 is 1.95 bits per heavy atom. The lowest BCUT2D eigenvalue weighted by molar-refractivity contribution is -0.137. The van der Waals surface area contributed by atoms with E-state index in [1.807, 2.05) is 6.92 Å². The normalized spacial score (nSPS) is 19.2. The lowest BCUT2D eigenvalue weighted by Gasteiger charge is -2.35. The monoisotopic (exact) mass is 294 g/mol. The fourth-order valence-corrected chi connectivity index (χ4v) is 2.19. The molecule has 7 heteroatoms. The van der Waals surface area contributed by atoms with Gasteiger partial charge in [0.05, 0.1) is 5.56 Å². The third-order valence-corrected chi connectivity index (χ3v) is 3.34. The standard InChI is InChI=1S/C12H14ClF3N2O/c1-11(2-4-19-5-3-11)18-10-7-8(12(14,15)16)6-9(13)17-10/h6-7H,2-5H2,1H3,(H,17,18). The first-order chi connectivity index (χ1) is 8.78. The smallest absolute Gasteiger partial charge is 0.381 e. The molecule has 2 heterocycles. The fraction of sp³-hybridized carbons (Fsp3) is 0.583. The van der Waals surface area contributed by atoms with Crippen LogP contribution in [-0.2, 0) is 10.9 Å². The van der Waals surface area contributed by atoms with Crippen LogP contribution in [0.4, 0.5) is 19.0 Å². The quantitative estimate of drug-likeness (QED) is 0.844. The van der Waals surface area contributed by atoms with E-state index in [4.69, 9.17) is 16.3 Å². The van der Waals surface area contributed by atoms with Crippen molar-refractivity contribution in [1.82, 2.24) is 4.98 Å². The molecule has 1 N–H and O–H groups in total. The molecular formula is C12H14ClF3N2O. The number of ether oxygens (including phenoxy) is 1. The Kier molecular flexibility index (Phi) is 3.92. The number of hydrogen-bond donors (Lipinski definition) is 1. The summed E-state index contributed by atoms with van der Waals surface area (Å²) >= 11 is 5.64. The summed E-state index contributed by atoms with van der Waals surface area (Å²) in [5, 5.41) is 2.86. The van der Waals surface area contributed by atoms with E-state index in [0.29, 0.717) is 26.1 Å². The van der Waals surface area contributed by atoms with Gasteiger partial charge in [0.25, 0.3) is 0 Å². The van der Waals surface area contributed by atoms with Crippen molar-refractivity contribution in [3.05, 3.63) is 22.8 Å². The maximum absolute atomic E-state index is 12.7. The zero-order valence-electron chi connectivity index (χ0n) is 10.4. The highest BCUT2D eigenvalue weighted by Crippen LogP contribution is 2.33. The Bertz CT molecular complexity index is 459. The van der Waals surface area contributed by atoms with Crippen molar-refractivity contribution < 1.29 is 17.9 Å². The Morgan fingerprint density at radius 3 is 2.53 bits per heavy atom. The van der Waals surface area contributed by atoms with Crippen molar-refractivity contribution >= 4 is 17.4 Å². The van der Waals surface area contributed by atoms with Crippen LogP contribution in [0.25, 0.3) is 0 Å². The maximum Gasteiger partial charge on any atom is 0.416 e. The molecule has 0 aliphatic carbocycles. The maximum atomic E-state index is 12.7. The molecule has 1 aliphatic heterocycles. The lowest BCUT2D eigenvalue weighted by Crippen LogP contribution is -2.40. The van der Waals surface area contributed by atoms with Gasteiger partial charge in [0.15, 0.2) is 0 Å². The summed E-state index contributed by atoms with van der Waals surface area (Å²) in [7, 11) is 0. The molecule has 1 aliphatic rings. The molecule has 0 spiro atoms. The number of alkyl halides is 3. The van der Waals surface area contributed by atoms with Crippen LogP contribution >= 0.6 is 11.6 Å². The first-order valence-electron chi connectivity index (χ1n) is 5.89. The highest BCUT2D eigenvalue weighted by atomic mass is 35.5. The Balaban J connectivity index is 2.22. The van der Waals surface area contributed by atoms with Gasteiger partial charge in [-0.2, -0.15) is 13.2 Å². The predicted molar refractivity (Wildman–Crippen MR) is 66.3 cm³/mol. The Labute approximate surface area is 114 Å². The molecule has 1 aromatic heterocycles. The van der Waals surface area contributed by atoms with E-state index in [1.54, 1.807) is 0 Å². The number of nitrogens with zero attached hydrogens (tertiary/aromatic N) is 1. The van der Waals surface area contributed by atoms with Crippen molar-refractivity contribution in [3.8, 4) is 0 Å². The molecule has 1 saturated heterocycles. The van der Waals surface area contributed by atoms with Gasteiger partial charge in [0.2, 0.25) is 0 Å². The lowest BCUT2D eigenvalue weighted by atomic mass is 9.92. The summed E-state index contributed by atoms with van der Waals surface area (Å²) in [6.07, 6.45) is -3.01. The van der Waals surface area contributed by atoms with Gasteiger partial charge in [-0.25, -0.2) is 4.98 Å². The number of hydrogen-bond acceptors (Lipinski definition) is 3. The van der Waals surface area contributed by atoms with Crippen LogP contribution in [0.1, 0.15) is 25.3 Å². The first-order valence-corrected chi connectivity index (χ1v) is 6.27. The van der Waals surface area contributed by atoms with Crippen LogP contribution < -0.4 is 5.32 Å². The van der Waals surface area contributed by atoms with Gasteiger partial charge in [-0.05, 0) is 31.9 Å². The minimum absolute atomic E-state index is 0.143. The Hall–Kier alpha value is -1.01. The van der Waals surface area contributed by atoms with E-state index in [2.05, 4.69) is 10.3 Å². The van der Waals surface area contributed by atoms with Crippen LogP contribution in [0.15, 0.2) is 12.1 Å². The van der Waals surface area contributed by atoms with Gasteiger partial charge in [-0.15, -0.1) is 0 Å². The molecule has 106 valence electrons. The zero-order chi connectivity index (χ0) is 14.1. The van der Waals surface area contributed by atoms with Crippen molar-refractivity contribution in [3.63, 3.8) is 0 Å². The molecule has 3 nitrogen and oxygen atoms in total. The number of halogens is 4. The van der Waals surface area contributed by atoms with Crippen molar-refractivity contribution in [1.29, 1.82) is 0 Å². The second-order valence-corrected chi connectivity index (χ2v) is 5.25. The summed E-state index contributed by atoms with van der Waals surface area (Å²) in [6, 6.07) is 1.80. The topological polar surface area (TPSA) is 34.2 Å². The summed E-state index contributed by atoms with van der Waals surface area (Å²) in [4.78, 5) is 3.90. The van der Waals surface area contributed by atoms with E-state index in [0.717, 1.165) is 12.1 Å². The third kappa shape index (κ3) is 3.73. The molecule has 0 radical (unpaired) electrons. The predicted octanol–water partition coefficient (Wildman–Crippen LogP) is 3.73. The van der Waals surface area contributed by atoms with Crippen LogP contribution in [0.5, 0.6) is 0 Å². The molecule has 0 aromatic carbocycles. The average Bonchev–Trinajstić information content (AvgIpc) is 2.27. The summed E-state index contributed by atoms with van der Waals surface area (Å²) in [6.45, 7) is 3.09. The van der Waals surface area contributed by atoms with Gasteiger partial charge in [-0.1, -0.05) is 11.6 Å². The van der Waals surface area contributed by atoms with Gasteiger partial charge in [0.1, 0.15) is 11.0 Å².